The van der Waals surface area contributed by atoms with Crippen LogP contribution in [0, 0.1) is 19.0 Å². The van der Waals surface area contributed by atoms with Crippen molar-refractivity contribution >= 4 is 61.7 Å². The topological polar surface area (TPSA) is 35.9 Å². The van der Waals surface area contributed by atoms with Crippen LogP contribution >= 0.6 is 0 Å². The van der Waals surface area contributed by atoms with E-state index in [9.17, 15) is 16.4 Å². The molecule has 13 aromatic rings. The third-order valence-corrected chi connectivity index (χ3v) is 18.6. The van der Waals surface area contributed by atoms with Crippen LogP contribution in [0.15, 0.2) is 249 Å². The largest absolute Gasteiger partial charge is 0.509 e. The number of imidazole rings is 1. The molecule has 0 bridgehead atoms. The number of ether oxygens (including phenoxy) is 1. The number of rotatable bonds is 8. The maximum atomic E-state index is 9.82. The molecular weight excluding hydrogens is 1150 g/mol. The summed E-state index contributed by atoms with van der Waals surface area (Å²) in [7, 11) is -5.57. The second kappa shape index (κ2) is 19.4. The van der Waals surface area contributed by atoms with E-state index in [2.05, 4.69) is 42.5 Å². The summed E-state index contributed by atoms with van der Waals surface area (Å²) in [5, 5.41) is -0.0497. The number of benzene rings is 10. The van der Waals surface area contributed by atoms with Gasteiger partial charge in [0.2, 0.25) is 0 Å². The van der Waals surface area contributed by atoms with Crippen molar-refractivity contribution in [2.45, 2.75) is 33.0 Å². The molecule has 0 aliphatic carbocycles. The van der Waals surface area contributed by atoms with Gasteiger partial charge in [-0.2, -0.15) is 16.7 Å². The molecule has 0 N–H and O–H groups in total. The van der Waals surface area contributed by atoms with E-state index >= 15 is 0 Å². The predicted octanol–water partition coefficient (Wildman–Crippen LogP) is 14.1. The molecule has 5 nitrogen and oxygen atoms in total. The van der Waals surface area contributed by atoms with Crippen molar-refractivity contribution in [1.29, 1.82) is 0 Å². The summed E-state index contributed by atoms with van der Waals surface area (Å²) in [5.41, 5.74) is 8.36. The Morgan fingerprint density at radius 3 is 1.88 bits per heavy atom. The molecule has 0 radical (unpaired) electrons. The first kappa shape index (κ1) is 32.8. The van der Waals surface area contributed by atoms with Crippen molar-refractivity contribution in [1.82, 2.24) is 14.1 Å². The summed E-state index contributed by atoms with van der Waals surface area (Å²) >= 11 is 0. The molecule has 0 saturated carbocycles. The zero-order chi connectivity index (χ0) is 67.4. The van der Waals surface area contributed by atoms with Gasteiger partial charge in [-0.3, -0.25) is 0 Å². The summed E-state index contributed by atoms with van der Waals surface area (Å²) in [6.07, 6.45) is 3.44. The van der Waals surface area contributed by atoms with E-state index in [1.54, 1.807) is 30.3 Å². The normalized spacial score (nSPS) is 15.4. The Morgan fingerprint density at radius 1 is 0.551 bits per heavy atom. The Labute approximate surface area is 495 Å². The summed E-state index contributed by atoms with van der Waals surface area (Å²) in [6.45, 7) is 3.84. The summed E-state index contributed by atoms with van der Waals surface area (Å²) in [6, 6.07) is 38.8. The minimum Gasteiger partial charge on any atom is -0.509 e. The second-order valence-electron chi connectivity index (χ2n) is 19.9. The molecule has 4 heterocycles. The van der Waals surface area contributed by atoms with Crippen LogP contribution in [0.25, 0.3) is 83.4 Å². The molecule has 0 fully saturated rings. The van der Waals surface area contributed by atoms with Gasteiger partial charge in [-0.05, 0) is 96.5 Å². The molecule has 0 atom stereocenters. The van der Waals surface area contributed by atoms with Gasteiger partial charge in [-0.15, -0.1) is 29.7 Å². The van der Waals surface area contributed by atoms with Crippen molar-refractivity contribution in [3.8, 4) is 62.1 Å². The van der Waals surface area contributed by atoms with Gasteiger partial charge in [0.15, 0.2) is 19.1 Å². The van der Waals surface area contributed by atoms with E-state index < -0.39 is 127 Å². The summed E-state index contributed by atoms with van der Waals surface area (Å²) < 4.78 is 177. The zero-order valence-electron chi connectivity index (χ0n) is 60.0. The van der Waals surface area contributed by atoms with E-state index in [0.29, 0.717) is 56.5 Å². The fourth-order valence-electron chi connectivity index (χ4n) is 11.2. The van der Waals surface area contributed by atoms with Crippen molar-refractivity contribution in [3.63, 3.8) is 0 Å². The summed E-state index contributed by atoms with van der Waals surface area (Å²) in [4.78, 5) is 4.62. The summed E-state index contributed by atoms with van der Waals surface area (Å²) in [5.74, 6) is 1.07. The van der Waals surface area contributed by atoms with Gasteiger partial charge in [-0.1, -0.05) is 208 Å². The molecule has 0 saturated heterocycles. The number of para-hydroxylation sites is 3. The van der Waals surface area contributed by atoms with Crippen LogP contribution in [-0.4, -0.2) is 22.2 Å². The minimum absolute atomic E-state index is 0. The average Bonchev–Trinajstić information content (AvgIpc) is 0.850. The van der Waals surface area contributed by atoms with E-state index in [0.717, 1.165) is 44.0 Å². The van der Waals surface area contributed by atoms with Crippen LogP contribution < -0.4 is 30.1 Å². The van der Waals surface area contributed by atoms with Crippen LogP contribution in [0.2, 0.25) is 0 Å². The van der Waals surface area contributed by atoms with Gasteiger partial charge >= 0.3 is 0 Å². The van der Waals surface area contributed by atoms with Gasteiger partial charge in [0, 0.05) is 70.8 Å². The number of hydrogen-bond acceptors (Lipinski definition) is 2. The standard InChI is InChI=1S/C71H53N4OSi.Pt/c1-48-41-42-72-68(43-48)75-65-35-17-16-31-59(65)60-39-37-51(45-67(60)75)76-50-22-18-21-49(44-50)73-47-74-69-62(32-19-34-64(69)71(2,3)4)63-46-55(38-40-58(63)56-29-14-15-30-57(56)61-33-20-36-66(73)70(61)74)77(52-23-8-5-9-24-52,53-25-10-6-11-26-53)54-27-12-7-13-28-54;/h5-43,46-47H,1-4H3;/q-1;/i1D3,5D,6D,7D,8D,9D,10D,11D,12D,13D,23D,24D,25D,26D,27D,28D;. The Kier molecular flexibility index (Phi) is 8.16. The molecule has 0 amide bonds. The monoisotopic (exact) mass is 1220 g/mol. The Hall–Kier alpha value is -8.67. The molecule has 0 spiro atoms. The first-order valence-corrected chi connectivity index (χ1v) is 27.0. The number of pyridine rings is 1. The van der Waals surface area contributed by atoms with Crippen molar-refractivity contribution in [3.05, 3.63) is 272 Å². The first-order valence-electron chi connectivity index (χ1n) is 34.0. The SMILES string of the molecule is [2H]c1c([2H])c([2H])c([Si](c2ccc3c(c2)-c2cccc(C(C)(C)C)c2-[n+]2cn(-c4[c-]c(Oc5[c-]c6c(cc5)c5ccccc5n6-c5cc(C([2H])([2H])[2H])ccn5)ccc4)c4cccc(c42)-c2ccccc2-3)(c2c([2H])c([2H])c([2H])c([2H])c2[2H])c2c([2H])c([2H])c([2H])c([2H])c2[2H])c([2H])c1[2H].[Pt]. The van der Waals surface area contributed by atoms with E-state index in [1.807, 2.05) is 125 Å². The molecule has 3 aromatic heterocycles. The Balaban J connectivity index is 0.00000833. The third-order valence-electron chi connectivity index (χ3n) is 14.5. The fraction of sp³-hybridized carbons (Fsp3) is 0.0704. The van der Waals surface area contributed by atoms with E-state index in [1.165, 1.54) is 12.3 Å². The van der Waals surface area contributed by atoms with E-state index in [-0.39, 0.29) is 31.8 Å². The maximum absolute atomic E-state index is 9.82. The first-order chi connectivity index (χ1) is 45.2. The van der Waals surface area contributed by atoms with Gasteiger partial charge in [0.1, 0.15) is 11.5 Å². The molecule has 10 aromatic carbocycles. The minimum atomic E-state index is -5.57. The smallest absolute Gasteiger partial charge is 0.253 e. The Morgan fingerprint density at radius 2 is 1.17 bits per heavy atom. The molecule has 14 rings (SSSR count). The molecule has 378 valence electrons. The van der Waals surface area contributed by atoms with Crippen LogP contribution in [0.3, 0.4) is 0 Å². The maximum Gasteiger partial charge on any atom is 0.253 e. The van der Waals surface area contributed by atoms with Gasteiger partial charge in [0.05, 0.1) is 20.6 Å². The van der Waals surface area contributed by atoms with Gasteiger partial charge in [-0.25, -0.2) is 9.55 Å². The van der Waals surface area contributed by atoms with Gasteiger partial charge in [0.25, 0.3) is 6.33 Å². The van der Waals surface area contributed by atoms with Gasteiger partial charge < -0.3 is 9.30 Å². The van der Waals surface area contributed by atoms with Crippen molar-refractivity contribution < 1.29 is 55.0 Å². The predicted molar refractivity (Wildman–Crippen MR) is 318 cm³/mol. The number of fused-ring (bicyclic) bond motifs is 10. The van der Waals surface area contributed by atoms with E-state index in [4.69, 9.17) is 13.0 Å². The number of nitrogens with zero attached hydrogens (tertiary/aromatic N) is 4. The van der Waals surface area contributed by atoms with Crippen molar-refractivity contribution in [2.24, 2.45) is 0 Å². The molecule has 78 heavy (non-hydrogen) atoms. The fourth-order valence-corrected chi connectivity index (χ4v) is 15.0. The van der Waals surface area contributed by atoms with Crippen LogP contribution in [0.4, 0.5) is 0 Å². The quantitative estimate of drug-likeness (QED) is 0.0658. The van der Waals surface area contributed by atoms with Crippen LogP contribution in [-0.2, 0) is 26.5 Å². The van der Waals surface area contributed by atoms with Crippen molar-refractivity contribution in [2.75, 3.05) is 0 Å². The number of hydrogen-bond donors (Lipinski definition) is 0. The zero-order valence-corrected chi connectivity index (χ0v) is 45.3. The number of aryl methyl sites for hydroxylation is 1. The van der Waals surface area contributed by atoms with Crippen LogP contribution in [0.5, 0.6) is 11.5 Å². The Bertz CT molecular complexity index is 5230. The molecule has 7 heteroatoms. The molecule has 1 aliphatic heterocycles. The molecule has 1 aliphatic rings. The molecule has 0 unspecified atom stereocenters. The number of aromatic nitrogens is 4. The second-order valence-corrected chi connectivity index (χ2v) is 23.5. The third kappa shape index (κ3) is 7.92. The molecular formula is C71H53N4OPtSi-. The van der Waals surface area contributed by atoms with Crippen LogP contribution in [0.1, 0.15) is 56.6 Å². The average molecular weight is 1220 g/mol.